The van der Waals surface area contributed by atoms with Crippen molar-refractivity contribution >= 4 is 29.7 Å². The van der Waals surface area contributed by atoms with Crippen molar-refractivity contribution in [2.75, 3.05) is 0 Å². The first-order valence-corrected chi connectivity index (χ1v) is 3.47. The number of rotatable bonds is 1. The van der Waals surface area contributed by atoms with Gasteiger partial charge in [0.05, 0.1) is 5.39 Å². The third-order valence-corrected chi connectivity index (χ3v) is 1.75. The quantitative estimate of drug-likeness (QED) is 0.674. The molecule has 68 valence electrons. The molecule has 0 amide bonds. The van der Waals surface area contributed by atoms with E-state index in [4.69, 9.17) is 0 Å². The van der Waals surface area contributed by atoms with Gasteiger partial charge in [-0.15, -0.1) is 12.4 Å². The number of aromatic amines is 2. The zero-order valence-electron chi connectivity index (χ0n) is 6.53. The number of fused-ring (bicyclic) bond motifs is 1. The Labute approximate surface area is 79.4 Å². The summed E-state index contributed by atoms with van der Waals surface area (Å²) in [6, 6.07) is 1.39. The van der Waals surface area contributed by atoms with Crippen LogP contribution in [0.2, 0.25) is 0 Å². The summed E-state index contributed by atoms with van der Waals surface area (Å²) >= 11 is 0. The molecule has 5 heteroatoms. The molecule has 4 nitrogen and oxygen atoms in total. The second kappa shape index (κ2) is 3.45. The zero-order valence-corrected chi connectivity index (χ0v) is 7.35. The lowest BCUT2D eigenvalue weighted by atomic mass is 10.2. The Morgan fingerprint density at radius 1 is 1.31 bits per heavy atom. The first-order valence-electron chi connectivity index (χ1n) is 3.47. The highest BCUT2D eigenvalue weighted by molar-refractivity contribution is 5.95. The summed E-state index contributed by atoms with van der Waals surface area (Å²) in [4.78, 5) is 27.3. The molecule has 0 unspecified atom stereocenters. The summed E-state index contributed by atoms with van der Waals surface area (Å²) in [6.07, 6.45) is 3.71. The number of aldehydes is 1. The van der Waals surface area contributed by atoms with Gasteiger partial charge in [0.15, 0.2) is 11.7 Å². The fourth-order valence-electron chi connectivity index (χ4n) is 1.19. The van der Waals surface area contributed by atoms with Crippen molar-refractivity contribution in [1.29, 1.82) is 0 Å². The van der Waals surface area contributed by atoms with E-state index in [-0.39, 0.29) is 17.8 Å². The normalized spacial score (nSPS) is 9.54. The molecule has 0 aromatic carbocycles. The van der Waals surface area contributed by atoms with Crippen molar-refractivity contribution in [2.45, 2.75) is 0 Å². The molecule has 0 saturated heterocycles. The molecule has 2 N–H and O–H groups in total. The van der Waals surface area contributed by atoms with E-state index in [9.17, 15) is 9.59 Å². The van der Waals surface area contributed by atoms with Crippen molar-refractivity contribution in [1.82, 2.24) is 9.97 Å². The Bertz CT molecular complexity index is 486. The summed E-state index contributed by atoms with van der Waals surface area (Å²) in [7, 11) is 0. The van der Waals surface area contributed by atoms with Crippen LogP contribution in [0.5, 0.6) is 0 Å². The molecule has 2 aromatic rings. The molecular formula is C8H7ClN2O2. The standard InChI is InChI=1S/C8H6N2O2.ClH/c11-4-5-3-10-8-7(5)6(12)1-2-9-8;/h1-4H,(H2,9,10,12);1H. The zero-order chi connectivity index (χ0) is 8.55. The minimum absolute atomic E-state index is 0. The Morgan fingerprint density at radius 2 is 2.08 bits per heavy atom. The molecule has 0 saturated carbocycles. The van der Waals surface area contributed by atoms with Crippen LogP contribution in [0.25, 0.3) is 11.0 Å². The lowest BCUT2D eigenvalue weighted by Gasteiger charge is -1.87. The van der Waals surface area contributed by atoms with Crippen LogP contribution < -0.4 is 5.43 Å². The Balaban J connectivity index is 0.000000845. The minimum atomic E-state index is -0.146. The number of halogens is 1. The van der Waals surface area contributed by atoms with Crippen LogP contribution in [0.3, 0.4) is 0 Å². The molecule has 0 bridgehead atoms. The summed E-state index contributed by atoms with van der Waals surface area (Å²) in [6.45, 7) is 0. The summed E-state index contributed by atoms with van der Waals surface area (Å²) in [5.74, 6) is 0. The summed E-state index contributed by atoms with van der Waals surface area (Å²) < 4.78 is 0. The Kier molecular flexibility index (Phi) is 2.53. The van der Waals surface area contributed by atoms with Gasteiger partial charge in [-0.1, -0.05) is 0 Å². The Morgan fingerprint density at radius 3 is 2.77 bits per heavy atom. The number of aromatic nitrogens is 2. The molecule has 0 atom stereocenters. The van der Waals surface area contributed by atoms with Gasteiger partial charge in [0.1, 0.15) is 5.65 Å². The van der Waals surface area contributed by atoms with Crippen LogP contribution >= 0.6 is 12.4 Å². The van der Waals surface area contributed by atoms with Gasteiger partial charge in [-0.25, -0.2) is 0 Å². The molecule has 2 rings (SSSR count). The molecule has 0 fully saturated rings. The maximum absolute atomic E-state index is 11.2. The number of hydrogen-bond donors (Lipinski definition) is 2. The maximum Gasteiger partial charge on any atom is 0.191 e. The van der Waals surface area contributed by atoms with Crippen molar-refractivity contribution in [2.24, 2.45) is 0 Å². The topological polar surface area (TPSA) is 65.7 Å². The highest BCUT2D eigenvalue weighted by atomic mass is 35.5. The Hall–Kier alpha value is -1.55. The highest BCUT2D eigenvalue weighted by Crippen LogP contribution is 2.08. The van der Waals surface area contributed by atoms with E-state index < -0.39 is 0 Å². The van der Waals surface area contributed by atoms with E-state index in [1.165, 1.54) is 18.5 Å². The van der Waals surface area contributed by atoms with Crippen molar-refractivity contribution in [3.63, 3.8) is 0 Å². The van der Waals surface area contributed by atoms with E-state index >= 15 is 0 Å². The van der Waals surface area contributed by atoms with E-state index in [1.807, 2.05) is 0 Å². The monoisotopic (exact) mass is 198 g/mol. The van der Waals surface area contributed by atoms with Gasteiger partial charge in [0.25, 0.3) is 0 Å². The lowest BCUT2D eigenvalue weighted by molar-refractivity contribution is 0.112. The van der Waals surface area contributed by atoms with Crippen molar-refractivity contribution in [3.8, 4) is 0 Å². The summed E-state index contributed by atoms with van der Waals surface area (Å²) in [5, 5.41) is 0.424. The first kappa shape index (κ1) is 9.54. The molecule has 2 heterocycles. The number of H-pyrrole nitrogens is 2. The van der Waals surface area contributed by atoms with Crippen LogP contribution in [-0.4, -0.2) is 16.3 Å². The molecular weight excluding hydrogens is 192 g/mol. The SMILES string of the molecule is Cl.O=Cc1c[nH]c2[nH]ccc(=O)c12. The van der Waals surface area contributed by atoms with Gasteiger partial charge < -0.3 is 9.97 Å². The predicted molar refractivity (Wildman–Crippen MR) is 51.6 cm³/mol. The van der Waals surface area contributed by atoms with Crippen LogP contribution in [0, 0.1) is 0 Å². The first-order chi connectivity index (χ1) is 5.83. The van der Waals surface area contributed by atoms with Gasteiger partial charge >= 0.3 is 0 Å². The van der Waals surface area contributed by atoms with Crippen LogP contribution in [0.1, 0.15) is 10.4 Å². The fraction of sp³-hybridized carbons (Fsp3) is 0. The smallest absolute Gasteiger partial charge is 0.191 e. The van der Waals surface area contributed by atoms with Gasteiger partial charge in [-0.2, -0.15) is 0 Å². The van der Waals surface area contributed by atoms with Gasteiger partial charge in [-0.3, -0.25) is 9.59 Å². The third-order valence-electron chi connectivity index (χ3n) is 1.75. The third kappa shape index (κ3) is 1.36. The number of carbonyl (C=O) groups excluding carboxylic acids is 1. The largest absolute Gasteiger partial charge is 0.347 e. The average molecular weight is 199 g/mol. The molecule has 0 aliphatic heterocycles. The number of nitrogens with one attached hydrogen (secondary N) is 2. The van der Waals surface area contributed by atoms with Gasteiger partial charge in [0, 0.05) is 24.0 Å². The maximum atomic E-state index is 11.2. The van der Waals surface area contributed by atoms with Crippen LogP contribution in [-0.2, 0) is 0 Å². The minimum Gasteiger partial charge on any atom is -0.347 e. The average Bonchev–Trinajstić information content (AvgIpc) is 2.49. The molecule has 0 spiro atoms. The molecule has 0 aliphatic rings. The molecule has 13 heavy (non-hydrogen) atoms. The molecule has 0 radical (unpaired) electrons. The van der Waals surface area contributed by atoms with Crippen molar-refractivity contribution < 1.29 is 4.79 Å². The van der Waals surface area contributed by atoms with Crippen molar-refractivity contribution in [3.05, 3.63) is 34.2 Å². The van der Waals surface area contributed by atoms with E-state index in [2.05, 4.69) is 9.97 Å². The number of carbonyl (C=O) groups is 1. The van der Waals surface area contributed by atoms with Crippen LogP contribution in [0.15, 0.2) is 23.3 Å². The second-order valence-electron chi connectivity index (χ2n) is 2.45. The van der Waals surface area contributed by atoms with E-state index in [0.717, 1.165) is 0 Å². The molecule has 2 aromatic heterocycles. The van der Waals surface area contributed by atoms with Gasteiger partial charge in [0.2, 0.25) is 0 Å². The van der Waals surface area contributed by atoms with Crippen LogP contribution in [0.4, 0.5) is 0 Å². The second-order valence-corrected chi connectivity index (χ2v) is 2.45. The predicted octanol–water partition coefficient (Wildman–Crippen LogP) is 1.09. The lowest BCUT2D eigenvalue weighted by Crippen LogP contribution is -2.00. The number of hydrogen-bond acceptors (Lipinski definition) is 2. The highest BCUT2D eigenvalue weighted by Gasteiger charge is 2.04. The van der Waals surface area contributed by atoms with E-state index in [1.54, 1.807) is 0 Å². The summed E-state index contributed by atoms with van der Waals surface area (Å²) in [5.41, 5.74) is 0.837. The van der Waals surface area contributed by atoms with E-state index in [0.29, 0.717) is 22.9 Å². The van der Waals surface area contributed by atoms with Gasteiger partial charge in [-0.05, 0) is 0 Å². The molecule has 0 aliphatic carbocycles. The number of pyridine rings is 1. The fourth-order valence-corrected chi connectivity index (χ4v) is 1.19.